The van der Waals surface area contributed by atoms with Crippen LogP contribution in [0.2, 0.25) is 5.02 Å². The van der Waals surface area contributed by atoms with E-state index in [0.717, 1.165) is 11.1 Å². The van der Waals surface area contributed by atoms with E-state index in [4.69, 9.17) is 17.3 Å². The summed E-state index contributed by atoms with van der Waals surface area (Å²) in [6.07, 6.45) is 0.945. The summed E-state index contributed by atoms with van der Waals surface area (Å²) in [5.74, 6) is -0.171. The maximum absolute atomic E-state index is 12.3. The van der Waals surface area contributed by atoms with E-state index in [9.17, 15) is 4.79 Å². The summed E-state index contributed by atoms with van der Waals surface area (Å²) < 4.78 is 0.849. The summed E-state index contributed by atoms with van der Waals surface area (Å²) in [6, 6.07) is 11.1. The molecule has 0 aliphatic heterocycles. The van der Waals surface area contributed by atoms with Gasteiger partial charge in [-0.2, -0.15) is 0 Å². The van der Waals surface area contributed by atoms with Gasteiger partial charge in [-0.25, -0.2) is 4.98 Å². The predicted octanol–water partition coefficient (Wildman–Crippen LogP) is 4.35. The van der Waals surface area contributed by atoms with Gasteiger partial charge in [-0.1, -0.05) is 42.0 Å². The van der Waals surface area contributed by atoms with E-state index in [1.165, 1.54) is 16.9 Å². The van der Waals surface area contributed by atoms with Gasteiger partial charge in [0.1, 0.15) is 5.52 Å². The van der Waals surface area contributed by atoms with Crippen molar-refractivity contribution in [2.24, 2.45) is 0 Å². The van der Waals surface area contributed by atoms with Crippen LogP contribution in [0.25, 0.3) is 10.2 Å². The van der Waals surface area contributed by atoms with Gasteiger partial charge in [0.15, 0.2) is 5.13 Å². The molecule has 3 N–H and O–H groups in total. The van der Waals surface area contributed by atoms with Crippen LogP contribution < -0.4 is 11.1 Å². The average molecular weight is 332 g/mol. The normalized spacial score (nSPS) is 10.8. The van der Waals surface area contributed by atoms with Crippen LogP contribution in [0.1, 0.15) is 22.8 Å². The minimum Gasteiger partial charge on any atom is -0.375 e. The highest BCUT2D eigenvalue weighted by Crippen LogP contribution is 2.32. The summed E-state index contributed by atoms with van der Waals surface area (Å²) >= 11 is 7.52. The molecule has 1 aromatic heterocycles. The Bertz CT molecular complexity index is 842. The van der Waals surface area contributed by atoms with Gasteiger partial charge in [-0.3, -0.25) is 4.79 Å². The first kappa shape index (κ1) is 14.8. The molecule has 0 bridgehead atoms. The summed E-state index contributed by atoms with van der Waals surface area (Å²) in [7, 11) is 0. The fraction of sp³-hybridized carbons (Fsp3) is 0.125. The smallest absolute Gasteiger partial charge is 0.255 e. The molecule has 3 aromatic rings. The minimum absolute atomic E-state index is 0.171. The average Bonchev–Trinajstić information content (AvgIpc) is 2.88. The van der Waals surface area contributed by atoms with Crippen molar-refractivity contribution in [3.8, 4) is 0 Å². The predicted molar refractivity (Wildman–Crippen MR) is 92.8 cm³/mol. The Balaban J connectivity index is 1.86. The molecule has 0 radical (unpaired) electrons. The van der Waals surface area contributed by atoms with Crippen LogP contribution in [0.4, 0.5) is 10.8 Å². The molecule has 2 aromatic carbocycles. The lowest BCUT2D eigenvalue weighted by atomic mass is 10.1. The third-order valence-corrected chi connectivity index (χ3v) is 4.47. The highest BCUT2D eigenvalue weighted by molar-refractivity contribution is 7.22. The number of anilines is 2. The highest BCUT2D eigenvalue weighted by Gasteiger charge is 2.11. The molecular formula is C16H14ClN3OS. The number of hydrogen-bond donors (Lipinski definition) is 2. The number of benzene rings is 2. The molecule has 112 valence electrons. The molecule has 0 atom stereocenters. The molecule has 1 amide bonds. The molecule has 0 saturated carbocycles. The van der Waals surface area contributed by atoms with Crippen LogP contribution in [0.5, 0.6) is 0 Å². The number of rotatable bonds is 3. The van der Waals surface area contributed by atoms with E-state index in [-0.39, 0.29) is 5.91 Å². The Hall–Kier alpha value is -2.11. The van der Waals surface area contributed by atoms with Crippen molar-refractivity contribution in [3.63, 3.8) is 0 Å². The minimum atomic E-state index is -0.171. The molecule has 0 spiro atoms. The zero-order chi connectivity index (χ0) is 15.7. The number of nitrogens with zero attached hydrogens (tertiary/aromatic N) is 1. The van der Waals surface area contributed by atoms with Crippen molar-refractivity contribution in [2.75, 3.05) is 11.1 Å². The van der Waals surface area contributed by atoms with Gasteiger partial charge in [0.25, 0.3) is 5.91 Å². The number of carbonyl (C=O) groups is 1. The Morgan fingerprint density at radius 1 is 1.32 bits per heavy atom. The number of nitrogens with two attached hydrogens (primary N) is 1. The Kier molecular flexibility index (Phi) is 4.00. The Morgan fingerprint density at radius 3 is 2.73 bits per heavy atom. The van der Waals surface area contributed by atoms with Gasteiger partial charge in [0.2, 0.25) is 0 Å². The van der Waals surface area contributed by atoms with E-state index < -0.39 is 0 Å². The molecule has 0 aliphatic carbocycles. The third-order valence-electron chi connectivity index (χ3n) is 3.35. The zero-order valence-corrected chi connectivity index (χ0v) is 13.5. The first-order valence-corrected chi connectivity index (χ1v) is 8.02. The SMILES string of the molecule is CCc1ccc(C(=O)Nc2cc(Cl)c3nc(N)sc3c2)cc1. The van der Waals surface area contributed by atoms with E-state index in [1.807, 2.05) is 30.3 Å². The van der Waals surface area contributed by atoms with Crippen molar-refractivity contribution in [1.82, 2.24) is 4.98 Å². The number of carbonyl (C=O) groups excluding carboxylic acids is 1. The molecule has 6 heteroatoms. The number of amides is 1. The number of thiazole rings is 1. The van der Waals surface area contributed by atoms with E-state index >= 15 is 0 Å². The molecule has 0 saturated heterocycles. The van der Waals surface area contributed by atoms with Crippen molar-refractivity contribution >= 4 is 49.9 Å². The molecule has 1 heterocycles. The summed E-state index contributed by atoms with van der Waals surface area (Å²) in [5.41, 5.74) is 8.79. The molecule has 0 aliphatic rings. The molecule has 3 rings (SSSR count). The molecule has 0 fully saturated rings. The fourth-order valence-corrected chi connectivity index (χ4v) is 3.29. The van der Waals surface area contributed by atoms with Crippen molar-refractivity contribution < 1.29 is 4.79 Å². The van der Waals surface area contributed by atoms with Crippen molar-refractivity contribution in [1.29, 1.82) is 0 Å². The second-order valence-corrected chi connectivity index (χ2v) is 6.33. The quantitative estimate of drug-likeness (QED) is 0.749. The highest BCUT2D eigenvalue weighted by atomic mass is 35.5. The fourth-order valence-electron chi connectivity index (χ4n) is 2.17. The topological polar surface area (TPSA) is 68.0 Å². The molecule has 4 nitrogen and oxygen atoms in total. The van der Waals surface area contributed by atoms with Gasteiger partial charge in [0, 0.05) is 11.3 Å². The maximum Gasteiger partial charge on any atom is 0.255 e. The molecule has 0 unspecified atom stereocenters. The third kappa shape index (κ3) is 2.91. The number of halogens is 1. The van der Waals surface area contributed by atoms with Gasteiger partial charge in [-0.15, -0.1) is 0 Å². The Labute approximate surface area is 136 Å². The van der Waals surface area contributed by atoms with E-state index in [0.29, 0.717) is 26.9 Å². The first-order valence-electron chi connectivity index (χ1n) is 6.82. The standard InChI is InChI=1S/C16H14ClN3OS/c1-2-9-3-5-10(6-4-9)15(21)19-11-7-12(17)14-13(8-11)22-16(18)20-14/h3-8H,2H2,1H3,(H2,18,20)(H,19,21). The lowest BCUT2D eigenvalue weighted by Gasteiger charge is -2.07. The van der Waals surface area contributed by atoms with Crippen LogP contribution in [-0.2, 0) is 6.42 Å². The Morgan fingerprint density at radius 2 is 2.05 bits per heavy atom. The van der Waals surface area contributed by atoms with Crippen molar-refractivity contribution in [2.45, 2.75) is 13.3 Å². The van der Waals surface area contributed by atoms with Crippen LogP contribution in [0, 0.1) is 0 Å². The second kappa shape index (κ2) is 5.94. The number of aryl methyl sites for hydroxylation is 1. The van der Waals surface area contributed by atoms with E-state index in [2.05, 4.69) is 17.2 Å². The summed E-state index contributed by atoms with van der Waals surface area (Å²) in [4.78, 5) is 16.4. The monoisotopic (exact) mass is 331 g/mol. The number of nitrogens with one attached hydrogen (secondary N) is 1. The zero-order valence-electron chi connectivity index (χ0n) is 11.9. The summed E-state index contributed by atoms with van der Waals surface area (Å²) in [5, 5.41) is 3.78. The molecule has 22 heavy (non-hydrogen) atoms. The number of fused-ring (bicyclic) bond motifs is 1. The second-order valence-electron chi connectivity index (χ2n) is 4.86. The maximum atomic E-state index is 12.3. The molecular weight excluding hydrogens is 318 g/mol. The number of hydrogen-bond acceptors (Lipinski definition) is 4. The van der Waals surface area contributed by atoms with Crippen LogP contribution in [0.15, 0.2) is 36.4 Å². The van der Waals surface area contributed by atoms with Gasteiger partial charge in [-0.05, 0) is 36.2 Å². The van der Waals surface area contributed by atoms with Gasteiger partial charge < -0.3 is 11.1 Å². The van der Waals surface area contributed by atoms with Crippen LogP contribution in [-0.4, -0.2) is 10.9 Å². The van der Waals surface area contributed by atoms with Gasteiger partial charge in [0.05, 0.1) is 9.72 Å². The number of aromatic nitrogens is 1. The van der Waals surface area contributed by atoms with E-state index in [1.54, 1.807) is 6.07 Å². The van der Waals surface area contributed by atoms with Crippen LogP contribution >= 0.6 is 22.9 Å². The largest absolute Gasteiger partial charge is 0.375 e. The summed E-state index contributed by atoms with van der Waals surface area (Å²) in [6.45, 7) is 2.08. The number of nitrogen functional groups attached to an aromatic ring is 1. The van der Waals surface area contributed by atoms with Crippen LogP contribution in [0.3, 0.4) is 0 Å². The lowest BCUT2D eigenvalue weighted by molar-refractivity contribution is 0.102. The lowest BCUT2D eigenvalue weighted by Crippen LogP contribution is -2.11. The van der Waals surface area contributed by atoms with Crippen molar-refractivity contribution in [3.05, 3.63) is 52.5 Å². The first-order chi connectivity index (χ1) is 10.6. The van der Waals surface area contributed by atoms with Gasteiger partial charge >= 0.3 is 0 Å².